The highest BCUT2D eigenvalue weighted by Crippen LogP contribution is 2.28. The van der Waals surface area contributed by atoms with Gasteiger partial charge in [-0.05, 0) is 31.2 Å². The average molecular weight is 232 g/mol. The molecule has 0 spiro atoms. The minimum atomic E-state index is 0.453. The summed E-state index contributed by atoms with van der Waals surface area (Å²) in [6.45, 7) is 3.67. The van der Waals surface area contributed by atoms with Crippen LogP contribution in [0.2, 0.25) is 0 Å². The molecular formula is C10H8N4OS. The highest BCUT2D eigenvalue weighted by atomic mass is 32.2. The van der Waals surface area contributed by atoms with Gasteiger partial charge in [-0.2, -0.15) is 10.4 Å². The normalized spacial score (nSPS) is 10.1. The standard InChI is InChI=1S/C10H8N4OS/c1-6-7(2)13-14-9(8(6)5-11)16-10-12-3-4-15-10/h3-4H,1-2H3. The highest BCUT2D eigenvalue weighted by Gasteiger charge is 2.13. The van der Waals surface area contributed by atoms with E-state index < -0.39 is 0 Å². The van der Waals surface area contributed by atoms with Crippen molar-refractivity contribution in [3.63, 3.8) is 0 Å². The molecular weight excluding hydrogens is 224 g/mol. The molecule has 0 radical (unpaired) electrons. The van der Waals surface area contributed by atoms with Gasteiger partial charge < -0.3 is 4.42 Å². The van der Waals surface area contributed by atoms with E-state index in [1.54, 1.807) is 6.20 Å². The van der Waals surface area contributed by atoms with Gasteiger partial charge in [-0.3, -0.25) is 0 Å². The van der Waals surface area contributed by atoms with Gasteiger partial charge in [-0.25, -0.2) is 4.98 Å². The van der Waals surface area contributed by atoms with E-state index in [0.29, 0.717) is 15.8 Å². The van der Waals surface area contributed by atoms with E-state index in [9.17, 15) is 0 Å². The van der Waals surface area contributed by atoms with Gasteiger partial charge in [0, 0.05) is 0 Å². The summed E-state index contributed by atoms with van der Waals surface area (Å²) in [6.07, 6.45) is 3.02. The Hall–Kier alpha value is -1.87. The summed E-state index contributed by atoms with van der Waals surface area (Å²) >= 11 is 1.19. The molecule has 5 nitrogen and oxygen atoms in total. The predicted octanol–water partition coefficient (Wildman–Crippen LogP) is 2.10. The van der Waals surface area contributed by atoms with Crippen LogP contribution in [0.15, 0.2) is 27.1 Å². The van der Waals surface area contributed by atoms with Gasteiger partial charge in [0.1, 0.15) is 17.4 Å². The van der Waals surface area contributed by atoms with Crippen molar-refractivity contribution in [3.05, 3.63) is 29.3 Å². The van der Waals surface area contributed by atoms with E-state index in [2.05, 4.69) is 21.3 Å². The molecule has 2 aromatic heterocycles. The zero-order valence-corrected chi connectivity index (χ0v) is 9.58. The van der Waals surface area contributed by atoms with Crippen LogP contribution in [-0.4, -0.2) is 15.2 Å². The molecule has 0 aliphatic heterocycles. The fourth-order valence-corrected chi connectivity index (χ4v) is 1.90. The second-order valence-corrected chi connectivity index (χ2v) is 4.04. The van der Waals surface area contributed by atoms with Gasteiger partial charge in [0.05, 0.1) is 17.5 Å². The number of rotatable bonds is 2. The summed E-state index contributed by atoms with van der Waals surface area (Å²) in [7, 11) is 0. The number of nitrogens with zero attached hydrogens (tertiary/aromatic N) is 4. The molecule has 0 fully saturated rings. The van der Waals surface area contributed by atoms with Crippen LogP contribution in [0.5, 0.6) is 0 Å². The minimum Gasteiger partial charge on any atom is -0.440 e. The van der Waals surface area contributed by atoms with E-state index in [0.717, 1.165) is 11.3 Å². The Labute approximate surface area is 96.5 Å². The Balaban J connectivity index is 2.42. The quantitative estimate of drug-likeness (QED) is 0.789. The second kappa shape index (κ2) is 4.33. The second-order valence-electron chi connectivity index (χ2n) is 3.10. The lowest BCUT2D eigenvalue weighted by atomic mass is 10.1. The lowest BCUT2D eigenvalue weighted by molar-refractivity contribution is 0.453. The molecule has 0 N–H and O–H groups in total. The molecule has 80 valence electrons. The van der Waals surface area contributed by atoms with E-state index in [-0.39, 0.29) is 0 Å². The molecule has 2 rings (SSSR count). The van der Waals surface area contributed by atoms with Crippen molar-refractivity contribution in [2.45, 2.75) is 24.1 Å². The summed E-state index contributed by atoms with van der Waals surface area (Å²) in [5.41, 5.74) is 2.12. The molecule has 0 saturated carbocycles. The maximum atomic E-state index is 9.07. The summed E-state index contributed by atoms with van der Waals surface area (Å²) < 4.78 is 5.08. The summed E-state index contributed by atoms with van der Waals surface area (Å²) in [6, 6.07) is 2.12. The molecule has 2 heterocycles. The molecule has 0 unspecified atom stereocenters. The van der Waals surface area contributed by atoms with Crippen LogP contribution < -0.4 is 0 Å². The fourth-order valence-electron chi connectivity index (χ4n) is 1.13. The lowest BCUT2D eigenvalue weighted by Crippen LogP contribution is -1.98. The third-order valence-corrected chi connectivity index (χ3v) is 2.98. The van der Waals surface area contributed by atoms with Crippen molar-refractivity contribution in [1.82, 2.24) is 15.2 Å². The Morgan fingerprint density at radius 2 is 2.19 bits per heavy atom. The number of hydrogen-bond donors (Lipinski definition) is 0. The SMILES string of the molecule is Cc1nnc(Sc2ncco2)c(C#N)c1C. The first-order valence-electron chi connectivity index (χ1n) is 4.53. The number of aromatic nitrogens is 3. The maximum absolute atomic E-state index is 9.07. The smallest absolute Gasteiger partial charge is 0.262 e. The van der Waals surface area contributed by atoms with Crippen LogP contribution in [0.1, 0.15) is 16.8 Å². The Kier molecular flexibility index (Phi) is 2.88. The number of aryl methyl sites for hydroxylation is 1. The maximum Gasteiger partial charge on any atom is 0.262 e. The molecule has 0 bridgehead atoms. The summed E-state index contributed by atoms with van der Waals surface area (Å²) in [5, 5.41) is 18.0. The van der Waals surface area contributed by atoms with Crippen molar-refractivity contribution in [2.75, 3.05) is 0 Å². The van der Waals surface area contributed by atoms with Gasteiger partial charge in [0.2, 0.25) is 0 Å². The first-order chi connectivity index (χ1) is 7.72. The third kappa shape index (κ3) is 1.90. The Morgan fingerprint density at radius 3 is 2.81 bits per heavy atom. The molecule has 0 amide bonds. The van der Waals surface area contributed by atoms with Crippen LogP contribution in [-0.2, 0) is 0 Å². The highest BCUT2D eigenvalue weighted by molar-refractivity contribution is 7.99. The topological polar surface area (TPSA) is 75.6 Å². The molecule has 0 saturated heterocycles. The van der Waals surface area contributed by atoms with Gasteiger partial charge in [0.25, 0.3) is 5.22 Å². The predicted molar refractivity (Wildman–Crippen MR) is 56.8 cm³/mol. The van der Waals surface area contributed by atoms with Gasteiger partial charge in [-0.1, -0.05) is 0 Å². The van der Waals surface area contributed by atoms with Crippen LogP contribution in [0.3, 0.4) is 0 Å². The van der Waals surface area contributed by atoms with E-state index >= 15 is 0 Å². The average Bonchev–Trinajstić information content (AvgIpc) is 2.77. The largest absolute Gasteiger partial charge is 0.440 e. The monoisotopic (exact) mass is 232 g/mol. The summed E-state index contributed by atoms with van der Waals surface area (Å²) in [5.74, 6) is 0. The minimum absolute atomic E-state index is 0.453. The van der Waals surface area contributed by atoms with Gasteiger partial charge >= 0.3 is 0 Å². The van der Waals surface area contributed by atoms with Crippen LogP contribution in [0.4, 0.5) is 0 Å². The van der Waals surface area contributed by atoms with E-state index in [1.807, 2.05) is 13.8 Å². The first-order valence-corrected chi connectivity index (χ1v) is 5.35. The zero-order chi connectivity index (χ0) is 11.5. The van der Waals surface area contributed by atoms with Crippen molar-refractivity contribution in [2.24, 2.45) is 0 Å². The van der Waals surface area contributed by atoms with Gasteiger partial charge in [-0.15, -0.1) is 5.10 Å². The number of hydrogen-bond acceptors (Lipinski definition) is 6. The van der Waals surface area contributed by atoms with Crippen LogP contribution in [0, 0.1) is 25.2 Å². The zero-order valence-electron chi connectivity index (χ0n) is 8.76. The Bertz CT molecular complexity index is 545. The third-order valence-electron chi connectivity index (χ3n) is 2.13. The molecule has 0 atom stereocenters. The molecule has 6 heteroatoms. The molecule has 2 aromatic rings. The van der Waals surface area contributed by atoms with Crippen LogP contribution in [0.25, 0.3) is 0 Å². The van der Waals surface area contributed by atoms with Crippen molar-refractivity contribution < 1.29 is 4.42 Å². The van der Waals surface area contributed by atoms with Gasteiger partial charge in [0.15, 0.2) is 0 Å². The molecule has 16 heavy (non-hydrogen) atoms. The van der Waals surface area contributed by atoms with E-state index in [1.165, 1.54) is 18.0 Å². The van der Waals surface area contributed by atoms with Crippen molar-refractivity contribution in [1.29, 1.82) is 5.26 Å². The number of oxazole rings is 1. The summed E-state index contributed by atoms with van der Waals surface area (Å²) in [4.78, 5) is 3.96. The lowest BCUT2D eigenvalue weighted by Gasteiger charge is -2.03. The molecule has 0 aromatic carbocycles. The first kappa shape index (κ1) is 10.6. The van der Waals surface area contributed by atoms with Crippen molar-refractivity contribution in [3.8, 4) is 6.07 Å². The number of nitriles is 1. The van der Waals surface area contributed by atoms with E-state index in [4.69, 9.17) is 9.68 Å². The van der Waals surface area contributed by atoms with Crippen LogP contribution >= 0.6 is 11.8 Å². The Morgan fingerprint density at radius 1 is 1.38 bits per heavy atom. The molecule has 0 aliphatic rings. The fraction of sp³-hybridized carbons (Fsp3) is 0.200. The van der Waals surface area contributed by atoms with Crippen molar-refractivity contribution >= 4 is 11.8 Å². The molecule has 0 aliphatic carbocycles.